The maximum absolute atomic E-state index is 11.4. The zero-order valence-electron chi connectivity index (χ0n) is 12.3. The molecule has 0 atom stereocenters. The van der Waals surface area contributed by atoms with E-state index in [-0.39, 0.29) is 5.91 Å². The summed E-state index contributed by atoms with van der Waals surface area (Å²) in [6.45, 7) is 3.26. The van der Waals surface area contributed by atoms with E-state index in [4.69, 9.17) is 5.84 Å². The van der Waals surface area contributed by atoms with Gasteiger partial charge in [0.15, 0.2) is 0 Å². The van der Waals surface area contributed by atoms with Crippen LogP contribution in [0, 0.1) is 0 Å². The van der Waals surface area contributed by atoms with Crippen LogP contribution in [0.5, 0.6) is 0 Å². The van der Waals surface area contributed by atoms with E-state index in [0.29, 0.717) is 11.6 Å². The molecule has 20 heavy (non-hydrogen) atoms. The maximum atomic E-state index is 11.4. The van der Waals surface area contributed by atoms with Gasteiger partial charge in [-0.05, 0) is 57.7 Å². The maximum Gasteiger partial charge on any atom is 0.265 e. The van der Waals surface area contributed by atoms with Gasteiger partial charge in [0.25, 0.3) is 5.91 Å². The molecule has 0 spiro atoms. The fraction of sp³-hybridized carbons (Fsp3) is 0.533. The van der Waals surface area contributed by atoms with Crippen molar-refractivity contribution < 1.29 is 4.79 Å². The third-order valence-electron chi connectivity index (χ3n) is 4.09. The molecule has 1 aromatic carbocycles. The lowest BCUT2D eigenvalue weighted by atomic mass is 10.0. The highest BCUT2D eigenvalue weighted by Gasteiger charge is 2.20. The standard InChI is InChI=1S/C15H24N4O/c1-18-9-7-14(8-10-18)19(2)11-12-3-5-13(6-4-12)15(20)17-16/h3-6,14H,7-11,16H2,1-2H3,(H,17,20). The lowest BCUT2D eigenvalue weighted by Gasteiger charge is -2.35. The van der Waals surface area contributed by atoms with Crippen molar-refractivity contribution in [3.8, 4) is 0 Å². The fourth-order valence-electron chi connectivity index (χ4n) is 2.70. The number of hydrazine groups is 1. The number of amides is 1. The number of benzene rings is 1. The molecule has 0 unspecified atom stereocenters. The molecule has 1 aliphatic heterocycles. The van der Waals surface area contributed by atoms with E-state index >= 15 is 0 Å². The van der Waals surface area contributed by atoms with Gasteiger partial charge in [0.2, 0.25) is 0 Å². The molecule has 0 radical (unpaired) electrons. The van der Waals surface area contributed by atoms with E-state index in [1.165, 1.54) is 31.5 Å². The Hall–Kier alpha value is -1.43. The van der Waals surface area contributed by atoms with Crippen molar-refractivity contribution in [1.82, 2.24) is 15.2 Å². The van der Waals surface area contributed by atoms with Crippen LogP contribution in [0.4, 0.5) is 0 Å². The molecular weight excluding hydrogens is 252 g/mol. The van der Waals surface area contributed by atoms with Crippen LogP contribution in [0.1, 0.15) is 28.8 Å². The van der Waals surface area contributed by atoms with Gasteiger partial charge in [0.1, 0.15) is 0 Å². The Morgan fingerprint density at radius 3 is 2.50 bits per heavy atom. The van der Waals surface area contributed by atoms with Crippen molar-refractivity contribution in [3.63, 3.8) is 0 Å². The summed E-state index contributed by atoms with van der Waals surface area (Å²) in [5.74, 6) is 4.87. The molecule has 110 valence electrons. The van der Waals surface area contributed by atoms with E-state index in [1.807, 2.05) is 24.3 Å². The molecule has 1 heterocycles. The molecule has 1 fully saturated rings. The third-order valence-corrected chi connectivity index (χ3v) is 4.09. The Kier molecular flexibility index (Phi) is 5.11. The number of hydrogen-bond acceptors (Lipinski definition) is 4. The molecule has 0 bridgehead atoms. The van der Waals surface area contributed by atoms with Gasteiger partial charge in [-0.15, -0.1) is 0 Å². The first kappa shape index (κ1) is 15.0. The fourth-order valence-corrected chi connectivity index (χ4v) is 2.70. The number of nitrogen functional groups attached to an aromatic ring is 1. The summed E-state index contributed by atoms with van der Waals surface area (Å²) >= 11 is 0. The highest BCUT2D eigenvalue weighted by atomic mass is 16.2. The van der Waals surface area contributed by atoms with E-state index < -0.39 is 0 Å². The minimum atomic E-state index is -0.250. The Bertz CT molecular complexity index is 438. The van der Waals surface area contributed by atoms with Gasteiger partial charge >= 0.3 is 0 Å². The average molecular weight is 276 g/mol. The Labute approximate surface area is 120 Å². The number of hydrogen-bond donors (Lipinski definition) is 2. The number of carbonyl (C=O) groups excluding carboxylic acids is 1. The first-order valence-electron chi connectivity index (χ1n) is 7.09. The summed E-state index contributed by atoms with van der Waals surface area (Å²) in [4.78, 5) is 16.2. The van der Waals surface area contributed by atoms with Crippen molar-refractivity contribution in [2.24, 2.45) is 5.84 Å². The molecule has 3 N–H and O–H groups in total. The lowest BCUT2D eigenvalue weighted by Crippen LogP contribution is -2.41. The summed E-state index contributed by atoms with van der Waals surface area (Å²) in [6.07, 6.45) is 2.45. The van der Waals surface area contributed by atoms with E-state index in [9.17, 15) is 4.79 Å². The molecule has 0 saturated carbocycles. The zero-order chi connectivity index (χ0) is 14.5. The number of likely N-dealkylation sites (tertiary alicyclic amines) is 1. The van der Waals surface area contributed by atoms with Gasteiger partial charge in [-0.25, -0.2) is 5.84 Å². The van der Waals surface area contributed by atoms with Crippen LogP contribution in [0.15, 0.2) is 24.3 Å². The molecule has 1 saturated heterocycles. The SMILES string of the molecule is CN1CCC(N(C)Cc2ccc(C(=O)NN)cc2)CC1. The number of rotatable bonds is 4. The van der Waals surface area contributed by atoms with E-state index in [2.05, 4.69) is 29.3 Å². The molecular formula is C15H24N4O. The molecule has 0 aliphatic carbocycles. The lowest BCUT2D eigenvalue weighted by molar-refractivity contribution is 0.0953. The third kappa shape index (κ3) is 3.79. The quantitative estimate of drug-likeness (QED) is 0.485. The molecule has 1 amide bonds. The Morgan fingerprint density at radius 1 is 1.35 bits per heavy atom. The second-order valence-electron chi connectivity index (χ2n) is 5.62. The van der Waals surface area contributed by atoms with Crippen LogP contribution in [-0.4, -0.2) is 48.9 Å². The number of carbonyl (C=O) groups is 1. The number of piperidine rings is 1. The number of nitrogens with zero attached hydrogens (tertiary/aromatic N) is 2. The van der Waals surface area contributed by atoms with Crippen molar-refractivity contribution in [1.29, 1.82) is 0 Å². The van der Waals surface area contributed by atoms with Crippen LogP contribution >= 0.6 is 0 Å². The van der Waals surface area contributed by atoms with Crippen molar-refractivity contribution in [3.05, 3.63) is 35.4 Å². The van der Waals surface area contributed by atoms with Crippen LogP contribution in [-0.2, 0) is 6.54 Å². The van der Waals surface area contributed by atoms with Gasteiger partial charge < -0.3 is 4.90 Å². The summed E-state index contributed by atoms with van der Waals surface area (Å²) in [6, 6.07) is 8.28. The molecule has 0 aromatic heterocycles. The van der Waals surface area contributed by atoms with Crippen molar-refractivity contribution >= 4 is 5.91 Å². The first-order valence-corrected chi connectivity index (χ1v) is 7.09. The predicted molar refractivity (Wildman–Crippen MR) is 80.1 cm³/mol. The summed E-state index contributed by atoms with van der Waals surface area (Å²) in [7, 11) is 4.36. The van der Waals surface area contributed by atoms with Crippen LogP contribution in [0.25, 0.3) is 0 Å². The Balaban J connectivity index is 1.91. The second kappa shape index (κ2) is 6.83. The minimum Gasteiger partial charge on any atom is -0.306 e. The smallest absolute Gasteiger partial charge is 0.265 e. The normalized spacial score (nSPS) is 17.4. The molecule has 5 nitrogen and oxygen atoms in total. The van der Waals surface area contributed by atoms with Crippen molar-refractivity contribution in [2.45, 2.75) is 25.4 Å². The highest BCUT2D eigenvalue weighted by Crippen LogP contribution is 2.16. The van der Waals surface area contributed by atoms with Crippen molar-refractivity contribution in [2.75, 3.05) is 27.2 Å². The van der Waals surface area contributed by atoms with Crippen LogP contribution in [0.2, 0.25) is 0 Å². The number of nitrogens with one attached hydrogen (secondary N) is 1. The van der Waals surface area contributed by atoms with Gasteiger partial charge in [-0.1, -0.05) is 12.1 Å². The average Bonchev–Trinajstić information content (AvgIpc) is 2.48. The topological polar surface area (TPSA) is 61.6 Å². The second-order valence-corrected chi connectivity index (χ2v) is 5.62. The molecule has 2 rings (SSSR count). The van der Waals surface area contributed by atoms with Crippen LogP contribution < -0.4 is 11.3 Å². The number of nitrogens with two attached hydrogens (primary N) is 1. The monoisotopic (exact) mass is 276 g/mol. The highest BCUT2D eigenvalue weighted by molar-refractivity contribution is 5.93. The van der Waals surface area contributed by atoms with Gasteiger partial charge in [0.05, 0.1) is 0 Å². The van der Waals surface area contributed by atoms with Gasteiger partial charge in [0, 0.05) is 18.2 Å². The summed E-state index contributed by atoms with van der Waals surface area (Å²) in [5.41, 5.74) is 3.96. The molecule has 1 aromatic rings. The van der Waals surface area contributed by atoms with E-state index in [0.717, 1.165) is 6.54 Å². The summed E-state index contributed by atoms with van der Waals surface area (Å²) in [5, 5.41) is 0. The van der Waals surface area contributed by atoms with Gasteiger partial charge in [-0.2, -0.15) is 0 Å². The predicted octanol–water partition coefficient (Wildman–Crippen LogP) is 0.816. The zero-order valence-corrected chi connectivity index (χ0v) is 12.3. The molecule has 5 heteroatoms. The first-order chi connectivity index (χ1) is 9.60. The minimum absolute atomic E-state index is 0.250. The van der Waals surface area contributed by atoms with Crippen LogP contribution in [0.3, 0.4) is 0 Å². The van der Waals surface area contributed by atoms with Gasteiger partial charge in [-0.3, -0.25) is 15.1 Å². The molecule has 1 aliphatic rings. The Morgan fingerprint density at radius 2 is 1.95 bits per heavy atom. The largest absolute Gasteiger partial charge is 0.306 e. The van der Waals surface area contributed by atoms with E-state index in [1.54, 1.807) is 0 Å². The summed E-state index contributed by atoms with van der Waals surface area (Å²) < 4.78 is 0.